The fraction of sp³-hybridized carbons (Fsp3) is 0.500. The molecule has 2 rings (SSSR count). The summed E-state index contributed by atoms with van der Waals surface area (Å²) in [7, 11) is 0. The van der Waals surface area contributed by atoms with Gasteiger partial charge in [-0.1, -0.05) is 25.1 Å². The molecule has 0 radical (unpaired) electrons. The predicted octanol–water partition coefficient (Wildman–Crippen LogP) is 2.91. The Kier molecular flexibility index (Phi) is 4.72. The van der Waals surface area contributed by atoms with Crippen LogP contribution in [0, 0.1) is 5.92 Å². The minimum Gasteiger partial charge on any atom is -0.338 e. The molecule has 0 unspecified atom stereocenters. The van der Waals surface area contributed by atoms with E-state index in [-0.39, 0.29) is 11.8 Å². The maximum Gasteiger partial charge on any atom is 0.253 e. The maximum atomic E-state index is 12.3. The van der Waals surface area contributed by atoms with Gasteiger partial charge < -0.3 is 4.90 Å². The molecule has 0 saturated carbocycles. The van der Waals surface area contributed by atoms with Crippen molar-refractivity contribution in [2.45, 2.75) is 32.6 Å². The second kappa shape index (κ2) is 6.50. The second-order valence-electron chi connectivity index (χ2n) is 5.17. The van der Waals surface area contributed by atoms with Crippen LogP contribution in [0.3, 0.4) is 0 Å². The number of hydrogen-bond donors (Lipinski definition) is 0. The first-order valence-corrected chi connectivity index (χ1v) is 7.09. The Morgan fingerprint density at radius 3 is 2.68 bits per heavy atom. The summed E-state index contributed by atoms with van der Waals surface area (Å²) in [5.41, 5.74) is 0.714. The molecule has 3 heteroatoms. The quantitative estimate of drug-likeness (QED) is 0.833. The standard InChI is InChI=1S/C16H21NO2/c1-2-7-15(18)14-10-6-11-17(12-14)16(19)13-8-4-3-5-9-13/h3-5,8-9,14H,2,6-7,10-12H2,1H3/t14-/m0/s1. The van der Waals surface area contributed by atoms with Crippen LogP contribution in [-0.2, 0) is 4.79 Å². The molecule has 1 saturated heterocycles. The highest BCUT2D eigenvalue weighted by molar-refractivity contribution is 5.94. The van der Waals surface area contributed by atoms with E-state index in [4.69, 9.17) is 0 Å². The van der Waals surface area contributed by atoms with Crippen molar-refractivity contribution < 1.29 is 9.59 Å². The molecular weight excluding hydrogens is 238 g/mol. The van der Waals surface area contributed by atoms with Crippen LogP contribution in [0.2, 0.25) is 0 Å². The number of rotatable bonds is 4. The van der Waals surface area contributed by atoms with Gasteiger partial charge in [0.15, 0.2) is 0 Å². The van der Waals surface area contributed by atoms with Crippen molar-refractivity contribution in [2.24, 2.45) is 5.92 Å². The lowest BCUT2D eigenvalue weighted by Gasteiger charge is -2.32. The fourth-order valence-electron chi connectivity index (χ4n) is 2.64. The monoisotopic (exact) mass is 259 g/mol. The second-order valence-corrected chi connectivity index (χ2v) is 5.17. The summed E-state index contributed by atoms with van der Waals surface area (Å²) in [4.78, 5) is 26.1. The van der Waals surface area contributed by atoms with Gasteiger partial charge in [0.05, 0.1) is 0 Å². The Labute approximate surface area is 114 Å². The average molecular weight is 259 g/mol. The van der Waals surface area contributed by atoms with Gasteiger partial charge in [0.25, 0.3) is 5.91 Å². The molecule has 3 nitrogen and oxygen atoms in total. The molecule has 1 aromatic rings. The topological polar surface area (TPSA) is 37.4 Å². The summed E-state index contributed by atoms with van der Waals surface area (Å²) in [6.07, 6.45) is 3.39. The zero-order valence-electron chi connectivity index (χ0n) is 11.5. The highest BCUT2D eigenvalue weighted by atomic mass is 16.2. The van der Waals surface area contributed by atoms with Crippen molar-refractivity contribution in [2.75, 3.05) is 13.1 Å². The van der Waals surface area contributed by atoms with Crippen LogP contribution in [0.25, 0.3) is 0 Å². The van der Waals surface area contributed by atoms with Gasteiger partial charge in [0, 0.05) is 31.0 Å². The summed E-state index contributed by atoms with van der Waals surface area (Å²) in [5, 5.41) is 0. The van der Waals surface area contributed by atoms with Crippen molar-refractivity contribution >= 4 is 11.7 Å². The van der Waals surface area contributed by atoms with Crippen LogP contribution in [0.4, 0.5) is 0 Å². The first-order valence-electron chi connectivity index (χ1n) is 7.09. The Bertz CT molecular complexity index is 441. The number of hydrogen-bond acceptors (Lipinski definition) is 2. The van der Waals surface area contributed by atoms with Crippen molar-refractivity contribution in [1.82, 2.24) is 4.90 Å². The molecule has 0 spiro atoms. The molecule has 1 aromatic carbocycles. The molecular formula is C16H21NO2. The molecule has 19 heavy (non-hydrogen) atoms. The van der Waals surface area contributed by atoms with Crippen LogP contribution >= 0.6 is 0 Å². The van der Waals surface area contributed by atoms with Crippen LogP contribution < -0.4 is 0 Å². The highest BCUT2D eigenvalue weighted by Gasteiger charge is 2.28. The zero-order valence-corrected chi connectivity index (χ0v) is 11.5. The largest absolute Gasteiger partial charge is 0.338 e. The van der Waals surface area contributed by atoms with Gasteiger partial charge in [-0.2, -0.15) is 0 Å². The van der Waals surface area contributed by atoms with Gasteiger partial charge in [-0.05, 0) is 31.4 Å². The van der Waals surface area contributed by atoms with E-state index < -0.39 is 0 Å². The normalized spacial score (nSPS) is 19.2. The minimum absolute atomic E-state index is 0.0429. The molecule has 1 heterocycles. The van der Waals surface area contributed by atoms with E-state index in [0.29, 0.717) is 24.3 Å². The van der Waals surface area contributed by atoms with Crippen LogP contribution in [-0.4, -0.2) is 29.7 Å². The van der Waals surface area contributed by atoms with E-state index in [2.05, 4.69) is 0 Å². The van der Waals surface area contributed by atoms with Crippen molar-refractivity contribution in [3.63, 3.8) is 0 Å². The molecule has 0 aliphatic carbocycles. The molecule has 1 aliphatic heterocycles. The summed E-state index contributed by atoms with van der Waals surface area (Å²) in [6, 6.07) is 9.31. The van der Waals surface area contributed by atoms with Gasteiger partial charge in [-0.25, -0.2) is 0 Å². The number of carbonyl (C=O) groups excluding carboxylic acids is 2. The number of amides is 1. The van der Waals surface area contributed by atoms with Crippen molar-refractivity contribution in [1.29, 1.82) is 0 Å². The Hall–Kier alpha value is -1.64. The van der Waals surface area contributed by atoms with E-state index in [9.17, 15) is 9.59 Å². The minimum atomic E-state index is 0.0429. The van der Waals surface area contributed by atoms with E-state index in [1.807, 2.05) is 42.2 Å². The fourth-order valence-corrected chi connectivity index (χ4v) is 2.64. The number of benzene rings is 1. The third-order valence-electron chi connectivity index (χ3n) is 3.68. The Balaban J connectivity index is 2.01. The van der Waals surface area contributed by atoms with Crippen LogP contribution in [0.1, 0.15) is 43.0 Å². The smallest absolute Gasteiger partial charge is 0.253 e. The maximum absolute atomic E-state index is 12.3. The van der Waals surface area contributed by atoms with E-state index >= 15 is 0 Å². The highest BCUT2D eigenvalue weighted by Crippen LogP contribution is 2.20. The summed E-state index contributed by atoms with van der Waals surface area (Å²) in [6.45, 7) is 3.38. The number of likely N-dealkylation sites (tertiary alicyclic amines) is 1. The molecule has 0 aromatic heterocycles. The predicted molar refractivity (Wildman–Crippen MR) is 75.0 cm³/mol. The van der Waals surface area contributed by atoms with Gasteiger partial charge in [-0.15, -0.1) is 0 Å². The van der Waals surface area contributed by atoms with Crippen LogP contribution in [0.5, 0.6) is 0 Å². The molecule has 102 valence electrons. The average Bonchev–Trinajstić information content (AvgIpc) is 2.48. The molecule has 1 aliphatic rings. The molecule has 0 N–H and O–H groups in total. The number of piperidine rings is 1. The number of carbonyl (C=O) groups is 2. The molecule has 1 fully saturated rings. The van der Waals surface area contributed by atoms with Crippen LogP contribution in [0.15, 0.2) is 30.3 Å². The van der Waals surface area contributed by atoms with E-state index in [1.165, 1.54) is 0 Å². The third kappa shape index (κ3) is 3.43. The lowest BCUT2D eigenvalue weighted by Crippen LogP contribution is -2.42. The number of Topliss-reactive ketones (excluding diaryl/α,β-unsaturated/α-hetero) is 1. The summed E-state index contributed by atoms with van der Waals surface area (Å²) >= 11 is 0. The SMILES string of the molecule is CCCC(=O)[C@H]1CCCN(C(=O)c2ccccc2)C1. The Morgan fingerprint density at radius 2 is 2.00 bits per heavy atom. The van der Waals surface area contributed by atoms with Crippen molar-refractivity contribution in [3.05, 3.63) is 35.9 Å². The Morgan fingerprint density at radius 1 is 1.26 bits per heavy atom. The molecule has 0 bridgehead atoms. The molecule has 1 amide bonds. The summed E-state index contributed by atoms with van der Waals surface area (Å²) in [5.74, 6) is 0.407. The first-order chi connectivity index (χ1) is 9.22. The number of nitrogens with zero attached hydrogens (tertiary/aromatic N) is 1. The first kappa shape index (κ1) is 13.8. The molecule has 1 atom stereocenters. The lowest BCUT2D eigenvalue weighted by molar-refractivity contribution is -0.124. The summed E-state index contributed by atoms with van der Waals surface area (Å²) < 4.78 is 0. The number of ketones is 1. The van der Waals surface area contributed by atoms with Gasteiger partial charge in [-0.3, -0.25) is 9.59 Å². The zero-order chi connectivity index (χ0) is 13.7. The van der Waals surface area contributed by atoms with Gasteiger partial charge in [0.1, 0.15) is 5.78 Å². The van der Waals surface area contributed by atoms with Crippen molar-refractivity contribution in [3.8, 4) is 0 Å². The van der Waals surface area contributed by atoms with Gasteiger partial charge in [0.2, 0.25) is 0 Å². The van der Waals surface area contributed by atoms with E-state index in [0.717, 1.165) is 25.8 Å². The van der Waals surface area contributed by atoms with E-state index in [1.54, 1.807) is 0 Å². The lowest BCUT2D eigenvalue weighted by atomic mass is 9.91. The van der Waals surface area contributed by atoms with Gasteiger partial charge >= 0.3 is 0 Å². The third-order valence-corrected chi connectivity index (χ3v) is 3.68.